The molecule has 0 aliphatic carbocycles. The number of fused-ring (bicyclic) bond motifs is 1. The fraction of sp³-hybridized carbons (Fsp3) is 0.440. The predicted octanol–water partition coefficient (Wildman–Crippen LogP) is 4.36. The molecule has 1 atom stereocenters. The molecule has 1 aliphatic rings. The van der Waals surface area contributed by atoms with E-state index in [4.69, 9.17) is 18.9 Å². The lowest BCUT2D eigenvalue weighted by Gasteiger charge is -2.31. The van der Waals surface area contributed by atoms with Gasteiger partial charge in [0.15, 0.2) is 11.5 Å². The van der Waals surface area contributed by atoms with Crippen molar-refractivity contribution in [3.8, 4) is 28.4 Å². The number of amides is 1. The van der Waals surface area contributed by atoms with Crippen molar-refractivity contribution in [1.29, 1.82) is 0 Å². The number of rotatable bonds is 9. The summed E-state index contributed by atoms with van der Waals surface area (Å²) >= 11 is 0. The monoisotopic (exact) mass is 441 g/mol. The number of methoxy groups -OCH3 is 2. The van der Waals surface area contributed by atoms with Crippen molar-refractivity contribution < 1.29 is 28.5 Å². The molecule has 2 aromatic carbocycles. The van der Waals surface area contributed by atoms with E-state index in [0.29, 0.717) is 36.0 Å². The molecule has 0 fully saturated rings. The third-order valence-electron chi connectivity index (χ3n) is 5.91. The van der Waals surface area contributed by atoms with Gasteiger partial charge in [-0.2, -0.15) is 0 Å². The first-order valence-corrected chi connectivity index (χ1v) is 10.8. The van der Waals surface area contributed by atoms with Crippen LogP contribution in [0.4, 0.5) is 0 Å². The number of carbonyl (C=O) groups is 2. The van der Waals surface area contributed by atoms with Crippen LogP contribution in [0, 0.1) is 5.41 Å². The second kappa shape index (κ2) is 9.51. The third-order valence-corrected chi connectivity index (χ3v) is 5.91. The minimum Gasteiger partial charge on any atom is -0.493 e. The van der Waals surface area contributed by atoms with Crippen LogP contribution in [-0.2, 0) is 16.1 Å². The zero-order chi connectivity index (χ0) is 23.5. The van der Waals surface area contributed by atoms with E-state index in [-0.39, 0.29) is 11.9 Å². The zero-order valence-corrected chi connectivity index (χ0v) is 19.5. The first-order valence-electron chi connectivity index (χ1n) is 10.8. The molecule has 1 aliphatic heterocycles. The molecule has 0 aromatic heterocycles. The van der Waals surface area contributed by atoms with Gasteiger partial charge in [-0.3, -0.25) is 9.59 Å². The van der Waals surface area contributed by atoms with Gasteiger partial charge in [-0.25, -0.2) is 0 Å². The molecule has 0 bridgehead atoms. The summed E-state index contributed by atoms with van der Waals surface area (Å²) in [6, 6.07) is 9.27. The van der Waals surface area contributed by atoms with Gasteiger partial charge in [0.05, 0.1) is 26.2 Å². The van der Waals surface area contributed by atoms with Crippen molar-refractivity contribution in [2.24, 2.45) is 5.41 Å². The summed E-state index contributed by atoms with van der Waals surface area (Å²) in [5, 5.41) is 2.87. The molecule has 0 saturated carbocycles. The second-order valence-electron chi connectivity index (χ2n) is 8.31. The van der Waals surface area contributed by atoms with Gasteiger partial charge in [0.25, 0.3) is 5.91 Å². The molecule has 7 nitrogen and oxygen atoms in total. The van der Waals surface area contributed by atoms with Crippen LogP contribution < -0.4 is 19.5 Å². The SMILES string of the molecule is CCCOC(=O)C(C)(C)C(C)Oc1c(-c2cccc3c2CNC3=O)ccc(OC)c1OC. The van der Waals surface area contributed by atoms with E-state index >= 15 is 0 Å². The smallest absolute Gasteiger partial charge is 0.315 e. The number of hydrogen-bond acceptors (Lipinski definition) is 6. The molecular formula is C25H31NO6. The number of benzene rings is 2. The molecular weight excluding hydrogens is 410 g/mol. The Morgan fingerprint density at radius 3 is 2.44 bits per heavy atom. The van der Waals surface area contributed by atoms with Crippen LogP contribution in [0.3, 0.4) is 0 Å². The maximum Gasteiger partial charge on any atom is 0.315 e. The first-order chi connectivity index (χ1) is 15.3. The van der Waals surface area contributed by atoms with E-state index in [1.807, 2.05) is 32.0 Å². The molecule has 0 spiro atoms. The lowest BCUT2D eigenvalue weighted by Crippen LogP contribution is -2.40. The van der Waals surface area contributed by atoms with Crippen LogP contribution in [-0.4, -0.2) is 38.8 Å². The van der Waals surface area contributed by atoms with Crippen LogP contribution >= 0.6 is 0 Å². The standard InChI is InChI=1S/C25H31NO6/c1-7-13-31-24(28)25(3,4)15(2)32-21-17(11-12-20(29-5)22(21)30-6)16-9-8-10-18-19(16)14-26-23(18)27/h8-12,15H,7,13-14H2,1-6H3,(H,26,27). The van der Waals surface area contributed by atoms with Gasteiger partial charge in [-0.15, -0.1) is 0 Å². The topological polar surface area (TPSA) is 83.1 Å². The van der Waals surface area contributed by atoms with Crippen molar-refractivity contribution in [2.45, 2.75) is 46.8 Å². The molecule has 1 N–H and O–H groups in total. The predicted molar refractivity (Wildman–Crippen MR) is 121 cm³/mol. The van der Waals surface area contributed by atoms with Crippen LogP contribution in [0.5, 0.6) is 17.2 Å². The maximum atomic E-state index is 12.7. The van der Waals surface area contributed by atoms with Crippen molar-refractivity contribution >= 4 is 11.9 Å². The summed E-state index contributed by atoms with van der Waals surface area (Å²) in [7, 11) is 3.10. The molecule has 7 heteroatoms. The Labute approximate surface area is 189 Å². The summed E-state index contributed by atoms with van der Waals surface area (Å²) in [5.74, 6) is 0.947. The van der Waals surface area contributed by atoms with Crippen molar-refractivity contribution in [3.05, 3.63) is 41.5 Å². The van der Waals surface area contributed by atoms with Crippen LogP contribution in [0.25, 0.3) is 11.1 Å². The number of esters is 1. The van der Waals surface area contributed by atoms with Gasteiger partial charge >= 0.3 is 5.97 Å². The van der Waals surface area contributed by atoms with Gasteiger partial charge in [0, 0.05) is 17.7 Å². The highest BCUT2D eigenvalue weighted by Gasteiger charge is 2.38. The minimum atomic E-state index is -0.906. The van der Waals surface area contributed by atoms with Crippen LogP contribution in [0.2, 0.25) is 0 Å². The summed E-state index contributed by atoms with van der Waals surface area (Å²) in [5.41, 5.74) is 2.23. The highest BCUT2D eigenvalue weighted by atomic mass is 16.6. The highest BCUT2D eigenvalue weighted by Crippen LogP contribution is 2.47. The van der Waals surface area contributed by atoms with Crippen LogP contribution in [0.15, 0.2) is 30.3 Å². The maximum absolute atomic E-state index is 12.7. The van der Waals surface area contributed by atoms with Gasteiger partial charge < -0.3 is 24.3 Å². The number of nitrogens with one attached hydrogen (secondary N) is 1. The van der Waals surface area contributed by atoms with Crippen molar-refractivity contribution in [3.63, 3.8) is 0 Å². The second-order valence-corrected chi connectivity index (χ2v) is 8.31. The molecule has 0 saturated heterocycles. The molecule has 1 unspecified atom stereocenters. The Morgan fingerprint density at radius 2 is 1.78 bits per heavy atom. The van der Waals surface area contributed by atoms with E-state index in [1.54, 1.807) is 40.2 Å². The first kappa shape index (κ1) is 23.4. The van der Waals surface area contributed by atoms with Crippen molar-refractivity contribution in [2.75, 3.05) is 20.8 Å². The van der Waals surface area contributed by atoms with E-state index < -0.39 is 11.5 Å². The minimum absolute atomic E-state index is 0.0991. The Balaban J connectivity index is 2.09. The average Bonchev–Trinajstić information content (AvgIpc) is 3.17. The number of hydrogen-bond donors (Lipinski definition) is 1. The summed E-state index contributed by atoms with van der Waals surface area (Å²) in [6.45, 7) is 8.17. The quantitative estimate of drug-likeness (QED) is 0.582. The molecule has 2 aromatic rings. The van der Waals surface area contributed by atoms with E-state index in [0.717, 1.165) is 23.1 Å². The largest absolute Gasteiger partial charge is 0.493 e. The molecule has 0 radical (unpaired) electrons. The van der Waals surface area contributed by atoms with E-state index in [2.05, 4.69) is 5.32 Å². The lowest BCUT2D eigenvalue weighted by atomic mass is 9.87. The number of carbonyl (C=O) groups excluding carboxylic acids is 2. The fourth-order valence-corrected chi connectivity index (χ4v) is 3.60. The van der Waals surface area contributed by atoms with Crippen LogP contribution in [0.1, 0.15) is 50.0 Å². The molecule has 3 rings (SSSR count). The summed E-state index contributed by atoms with van der Waals surface area (Å²) < 4.78 is 22.9. The van der Waals surface area contributed by atoms with Gasteiger partial charge in [-0.1, -0.05) is 19.1 Å². The van der Waals surface area contributed by atoms with Crippen molar-refractivity contribution in [1.82, 2.24) is 5.32 Å². The van der Waals surface area contributed by atoms with Gasteiger partial charge in [-0.05, 0) is 56.5 Å². The number of ether oxygens (including phenoxy) is 4. The molecule has 32 heavy (non-hydrogen) atoms. The molecule has 1 amide bonds. The molecule has 172 valence electrons. The highest BCUT2D eigenvalue weighted by molar-refractivity contribution is 6.01. The zero-order valence-electron chi connectivity index (χ0n) is 19.5. The van der Waals surface area contributed by atoms with Gasteiger partial charge in [0.2, 0.25) is 5.75 Å². The average molecular weight is 442 g/mol. The Hall–Kier alpha value is -3.22. The Morgan fingerprint density at radius 1 is 1.06 bits per heavy atom. The Kier molecular flexibility index (Phi) is 6.96. The third kappa shape index (κ3) is 4.24. The fourth-order valence-electron chi connectivity index (χ4n) is 3.60. The Bertz CT molecular complexity index is 1010. The van der Waals surface area contributed by atoms with Gasteiger partial charge in [0.1, 0.15) is 6.10 Å². The van der Waals surface area contributed by atoms with E-state index in [1.165, 1.54) is 0 Å². The normalized spacial score (nSPS) is 13.8. The lowest BCUT2D eigenvalue weighted by molar-refractivity contribution is -0.158. The summed E-state index contributed by atoms with van der Waals surface area (Å²) in [6.07, 6.45) is 0.208. The van der Waals surface area contributed by atoms with E-state index in [9.17, 15) is 9.59 Å². The summed E-state index contributed by atoms with van der Waals surface area (Å²) in [4.78, 5) is 24.9. The molecule has 1 heterocycles.